The number of para-hydroxylation sites is 1. The minimum Gasteiger partial charge on any atom is -0.258 e. The summed E-state index contributed by atoms with van der Waals surface area (Å²) in [5, 5.41) is 10.8. The largest absolute Gasteiger partial charge is 0.270 e. The van der Waals surface area contributed by atoms with Crippen LogP contribution < -0.4 is 0 Å². The van der Waals surface area contributed by atoms with Gasteiger partial charge in [0.15, 0.2) is 0 Å². The van der Waals surface area contributed by atoms with Crippen LogP contribution in [0.2, 0.25) is 0 Å². The molecule has 0 heterocycles. The van der Waals surface area contributed by atoms with Gasteiger partial charge in [-0.25, -0.2) is 0 Å². The predicted molar refractivity (Wildman–Crippen MR) is 81.0 cm³/mol. The third-order valence-corrected chi connectivity index (χ3v) is 3.25. The average Bonchev–Trinajstić information content (AvgIpc) is 2.39. The minimum absolute atomic E-state index is 0.0820. The molecule has 0 aliphatic rings. The molecule has 102 valence electrons. The van der Waals surface area contributed by atoms with Gasteiger partial charge >= 0.3 is 0 Å². The van der Waals surface area contributed by atoms with Gasteiger partial charge in [0.05, 0.1) is 10.6 Å². The Kier molecular flexibility index (Phi) is 3.94. The molecule has 4 heteroatoms. The van der Waals surface area contributed by atoms with E-state index in [1.807, 2.05) is 39.0 Å². The minimum atomic E-state index is -0.393. The van der Waals surface area contributed by atoms with Crippen molar-refractivity contribution in [2.24, 2.45) is 4.99 Å². The van der Waals surface area contributed by atoms with Crippen molar-refractivity contribution in [1.82, 2.24) is 0 Å². The van der Waals surface area contributed by atoms with Crippen molar-refractivity contribution in [1.29, 1.82) is 0 Å². The van der Waals surface area contributed by atoms with Crippen LogP contribution in [0.5, 0.6) is 0 Å². The van der Waals surface area contributed by atoms with E-state index >= 15 is 0 Å². The highest BCUT2D eigenvalue weighted by Gasteiger charge is 2.07. The van der Waals surface area contributed by atoms with Crippen LogP contribution in [0.4, 0.5) is 11.4 Å². The van der Waals surface area contributed by atoms with Crippen molar-refractivity contribution in [3.63, 3.8) is 0 Å². The highest BCUT2D eigenvalue weighted by molar-refractivity contribution is 5.85. The van der Waals surface area contributed by atoms with E-state index in [2.05, 4.69) is 4.99 Å². The molecule has 2 rings (SSSR count). The maximum Gasteiger partial charge on any atom is 0.270 e. The van der Waals surface area contributed by atoms with Crippen LogP contribution in [0.1, 0.15) is 22.3 Å². The molecule has 0 spiro atoms. The van der Waals surface area contributed by atoms with E-state index in [4.69, 9.17) is 0 Å². The lowest BCUT2D eigenvalue weighted by molar-refractivity contribution is -0.384. The van der Waals surface area contributed by atoms with E-state index in [0.717, 1.165) is 27.9 Å². The van der Waals surface area contributed by atoms with Crippen LogP contribution >= 0.6 is 0 Å². The molecule has 20 heavy (non-hydrogen) atoms. The molecule has 0 fully saturated rings. The summed E-state index contributed by atoms with van der Waals surface area (Å²) in [6, 6.07) is 10.8. The van der Waals surface area contributed by atoms with Crippen molar-refractivity contribution in [3.8, 4) is 0 Å². The third-order valence-electron chi connectivity index (χ3n) is 3.25. The van der Waals surface area contributed by atoms with Crippen LogP contribution in [-0.2, 0) is 0 Å². The molecule has 0 saturated carbocycles. The Morgan fingerprint density at radius 3 is 2.30 bits per heavy atom. The van der Waals surface area contributed by atoms with E-state index in [1.54, 1.807) is 18.3 Å². The summed E-state index contributed by atoms with van der Waals surface area (Å²) in [6.45, 7) is 5.91. The zero-order chi connectivity index (χ0) is 14.7. The number of nitro groups is 1. The van der Waals surface area contributed by atoms with Crippen molar-refractivity contribution in [2.45, 2.75) is 20.8 Å². The van der Waals surface area contributed by atoms with Crippen LogP contribution in [0.3, 0.4) is 0 Å². The van der Waals surface area contributed by atoms with Gasteiger partial charge in [-0.1, -0.05) is 24.3 Å². The third kappa shape index (κ3) is 2.91. The molecular weight excluding hydrogens is 252 g/mol. The lowest BCUT2D eigenvalue weighted by atomic mass is 10.1. The SMILES string of the molecule is Cc1ccc([N+](=O)[O-])cc1/C=N/c1c(C)cccc1C. The lowest BCUT2D eigenvalue weighted by Gasteiger charge is -2.04. The lowest BCUT2D eigenvalue weighted by Crippen LogP contribution is -1.93. The summed E-state index contributed by atoms with van der Waals surface area (Å²) >= 11 is 0. The molecule has 0 radical (unpaired) electrons. The maximum absolute atomic E-state index is 10.8. The predicted octanol–water partition coefficient (Wildman–Crippen LogP) is 4.27. The molecule has 0 saturated heterocycles. The Bertz CT molecular complexity index is 671. The summed E-state index contributed by atoms with van der Waals surface area (Å²) in [5.41, 5.74) is 4.90. The number of nitrogens with zero attached hydrogens (tertiary/aromatic N) is 2. The quantitative estimate of drug-likeness (QED) is 0.474. The summed E-state index contributed by atoms with van der Waals surface area (Å²) in [5.74, 6) is 0. The van der Waals surface area contributed by atoms with Gasteiger partial charge in [0, 0.05) is 23.9 Å². The van der Waals surface area contributed by atoms with Gasteiger partial charge in [0.25, 0.3) is 5.69 Å². The van der Waals surface area contributed by atoms with Gasteiger partial charge in [0.1, 0.15) is 0 Å². The first-order chi connectivity index (χ1) is 9.49. The number of hydrogen-bond acceptors (Lipinski definition) is 3. The Balaban J connectivity index is 2.41. The van der Waals surface area contributed by atoms with Gasteiger partial charge in [-0.05, 0) is 37.5 Å². The monoisotopic (exact) mass is 268 g/mol. The van der Waals surface area contributed by atoms with Gasteiger partial charge < -0.3 is 0 Å². The molecule has 0 atom stereocenters. The molecule has 0 bridgehead atoms. The van der Waals surface area contributed by atoms with Crippen molar-refractivity contribution in [2.75, 3.05) is 0 Å². The smallest absolute Gasteiger partial charge is 0.258 e. The first kappa shape index (κ1) is 13.9. The van der Waals surface area contributed by atoms with Crippen molar-refractivity contribution in [3.05, 3.63) is 68.8 Å². The summed E-state index contributed by atoms with van der Waals surface area (Å²) in [7, 11) is 0. The molecular formula is C16H16N2O2. The van der Waals surface area contributed by atoms with Gasteiger partial charge in [-0.3, -0.25) is 15.1 Å². The fourth-order valence-electron chi connectivity index (χ4n) is 2.02. The fourth-order valence-corrected chi connectivity index (χ4v) is 2.02. The number of benzene rings is 2. The van der Waals surface area contributed by atoms with Crippen LogP contribution in [-0.4, -0.2) is 11.1 Å². The summed E-state index contributed by atoms with van der Waals surface area (Å²) in [4.78, 5) is 14.9. The first-order valence-corrected chi connectivity index (χ1v) is 6.34. The zero-order valence-electron chi connectivity index (χ0n) is 11.8. The van der Waals surface area contributed by atoms with Crippen molar-refractivity contribution < 1.29 is 4.92 Å². The molecule has 2 aromatic carbocycles. The highest BCUT2D eigenvalue weighted by atomic mass is 16.6. The van der Waals surface area contributed by atoms with E-state index < -0.39 is 4.92 Å². The molecule has 4 nitrogen and oxygen atoms in total. The Hall–Kier alpha value is -2.49. The second-order valence-corrected chi connectivity index (χ2v) is 4.80. The highest BCUT2D eigenvalue weighted by Crippen LogP contribution is 2.23. The normalized spacial score (nSPS) is 10.9. The maximum atomic E-state index is 10.8. The van der Waals surface area contributed by atoms with E-state index in [1.165, 1.54) is 6.07 Å². The van der Waals surface area contributed by atoms with Gasteiger partial charge in [0.2, 0.25) is 0 Å². The van der Waals surface area contributed by atoms with Gasteiger partial charge in [-0.15, -0.1) is 0 Å². The molecule has 0 unspecified atom stereocenters. The van der Waals surface area contributed by atoms with Crippen LogP contribution in [0, 0.1) is 30.9 Å². The second kappa shape index (κ2) is 5.65. The summed E-state index contributed by atoms with van der Waals surface area (Å²) < 4.78 is 0. The zero-order valence-corrected chi connectivity index (χ0v) is 11.8. The molecule has 0 aliphatic heterocycles. The number of non-ortho nitro benzene ring substituents is 1. The van der Waals surface area contributed by atoms with E-state index in [0.29, 0.717) is 0 Å². The fraction of sp³-hybridized carbons (Fsp3) is 0.188. The van der Waals surface area contributed by atoms with Crippen LogP contribution in [0.15, 0.2) is 41.4 Å². The molecule has 0 aromatic heterocycles. The second-order valence-electron chi connectivity index (χ2n) is 4.80. The number of hydrogen-bond donors (Lipinski definition) is 0. The number of aryl methyl sites for hydroxylation is 3. The van der Waals surface area contributed by atoms with E-state index in [9.17, 15) is 10.1 Å². The topological polar surface area (TPSA) is 55.5 Å². The molecule has 0 N–H and O–H groups in total. The van der Waals surface area contributed by atoms with Gasteiger partial charge in [-0.2, -0.15) is 0 Å². The number of rotatable bonds is 3. The van der Waals surface area contributed by atoms with Crippen LogP contribution in [0.25, 0.3) is 0 Å². The number of aliphatic imine (C=N–C) groups is 1. The van der Waals surface area contributed by atoms with Crippen molar-refractivity contribution >= 4 is 17.6 Å². The van der Waals surface area contributed by atoms with E-state index in [-0.39, 0.29) is 5.69 Å². The molecule has 0 aliphatic carbocycles. The standard InChI is InChI=1S/C16H16N2O2/c1-11-7-8-15(18(19)20)9-14(11)10-17-16-12(2)5-4-6-13(16)3/h4-10H,1-3H3/b17-10+. The molecule has 0 amide bonds. The Morgan fingerprint density at radius 2 is 1.70 bits per heavy atom. The Morgan fingerprint density at radius 1 is 1.05 bits per heavy atom. The first-order valence-electron chi connectivity index (χ1n) is 6.34. The Labute approximate surface area is 117 Å². The molecule has 2 aromatic rings. The summed E-state index contributed by atoms with van der Waals surface area (Å²) in [6.07, 6.45) is 1.69. The average molecular weight is 268 g/mol. The number of nitro benzene ring substituents is 1.